The Morgan fingerprint density at radius 2 is 1.88 bits per heavy atom. The molecule has 41 heavy (non-hydrogen) atoms. The van der Waals surface area contributed by atoms with Crippen LogP contribution < -0.4 is 15.4 Å². The third-order valence-electron chi connectivity index (χ3n) is 8.01. The zero-order chi connectivity index (χ0) is 28.4. The van der Waals surface area contributed by atoms with Crippen LogP contribution in [0, 0.1) is 11.8 Å². The molecule has 3 aliphatic rings. The maximum atomic E-state index is 12.5. The van der Waals surface area contributed by atoms with E-state index in [0.717, 1.165) is 49.2 Å². The minimum atomic E-state index is -0.0385. The first-order valence-corrected chi connectivity index (χ1v) is 15.9. The molecular formula is C33H42N2O5S. The molecule has 220 valence electrons. The molecular weight excluding hydrogens is 536 g/mol. The molecule has 2 atom stereocenters. The maximum absolute atomic E-state index is 12.5. The van der Waals surface area contributed by atoms with E-state index >= 15 is 0 Å². The van der Waals surface area contributed by atoms with Gasteiger partial charge in [-0.15, -0.1) is 11.3 Å². The van der Waals surface area contributed by atoms with E-state index in [1.54, 1.807) is 11.3 Å². The smallest absolute Gasteiger partial charge is 0.223 e. The van der Waals surface area contributed by atoms with Crippen LogP contribution in [0.1, 0.15) is 57.4 Å². The van der Waals surface area contributed by atoms with Crippen molar-refractivity contribution in [2.75, 3.05) is 32.9 Å². The molecule has 2 heterocycles. The zero-order valence-electron chi connectivity index (χ0n) is 24.0. The van der Waals surface area contributed by atoms with Crippen LogP contribution >= 0.6 is 11.3 Å². The first-order chi connectivity index (χ1) is 20.0. The normalized spacial score (nSPS) is 20.6. The minimum Gasteiger partial charge on any atom is -0.494 e. The fourth-order valence-corrected chi connectivity index (χ4v) is 6.67. The van der Waals surface area contributed by atoms with Crippen LogP contribution in [0.3, 0.4) is 0 Å². The second-order valence-corrected chi connectivity index (χ2v) is 12.1. The van der Waals surface area contributed by atoms with E-state index in [4.69, 9.17) is 14.2 Å². The number of fused-ring (bicyclic) bond motifs is 2. The predicted octanol–water partition coefficient (Wildman–Crippen LogP) is 5.85. The molecule has 1 fully saturated rings. The van der Waals surface area contributed by atoms with E-state index in [-0.39, 0.29) is 29.8 Å². The Morgan fingerprint density at radius 3 is 2.71 bits per heavy atom. The van der Waals surface area contributed by atoms with Gasteiger partial charge in [0.25, 0.3) is 0 Å². The number of allylic oxidation sites excluding steroid dienone is 1. The van der Waals surface area contributed by atoms with Gasteiger partial charge in [-0.3, -0.25) is 9.59 Å². The molecule has 5 rings (SSSR count). The molecule has 2 unspecified atom stereocenters. The van der Waals surface area contributed by atoms with Crippen molar-refractivity contribution in [1.29, 1.82) is 0 Å². The van der Waals surface area contributed by atoms with Crippen LogP contribution in [-0.2, 0) is 25.5 Å². The Hall–Kier alpha value is -3.10. The van der Waals surface area contributed by atoms with Gasteiger partial charge < -0.3 is 24.8 Å². The van der Waals surface area contributed by atoms with Crippen molar-refractivity contribution in [3.05, 3.63) is 64.8 Å². The highest BCUT2D eigenvalue weighted by Gasteiger charge is 2.25. The number of unbranched alkanes of at least 4 members (excludes halogenated alkanes) is 1. The second-order valence-electron chi connectivity index (χ2n) is 11.2. The predicted molar refractivity (Wildman–Crippen MR) is 163 cm³/mol. The van der Waals surface area contributed by atoms with E-state index in [0.29, 0.717) is 32.9 Å². The summed E-state index contributed by atoms with van der Waals surface area (Å²) in [5, 5.41) is 9.42. The van der Waals surface area contributed by atoms with Gasteiger partial charge >= 0.3 is 0 Å². The number of carbonyl (C=O) groups is 2. The van der Waals surface area contributed by atoms with Gasteiger partial charge in [-0.25, -0.2) is 0 Å². The van der Waals surface area contributed by atoms with Crippen molar-refractivity contribution >= 4 is 33.2 Å². The van der Waals surface area contributed by atoms with Gasteiger partial charge in [-0.2, -0.15) is 0 Å². The van der Waals surface area contributed by atoms with E-state index in [2.05, 4.69) is 40.3 Å². The molecule has 0 spiro atoms. The van der Waals surface area contributed by atoms with Gasteiger partial charge in [0.1, 0.15) is 11.5 Å². The monoisotopic (exact) mass is 578 g/mol. The summed E-state index contributed by atoms with van der Waals surface area (Å²) in [6.45, 7) is 4.52. The number of rotatable bonds is 13. The summed E-state index contributed by atoms with van der Waals surface area (Å²) in [5.74, 6) is 2.26. The lowest BCUT2D eigenvalue weighted by atomic mass is 9.88. The van der Waals surface area contributed by atoms with Crippen molar-refractivity contribution in [2.24, 2.45) is 11.8 Å². The van der Waals surface area contributed by atoms with Crippen LogP contribution in [0.15, 0.2) is 59.2 Å². The van der Waals surface area contributed by atoms with E-state index in [1.807, 2.05) is 18.2 Å². The van der Waals surface area contributed by atoms with Gasteiger partial charge in [-0.05, 0) is 84.4 Å². The Balaban J connectivity index is 1.02. The average Bonchev–Trinajstić information content (AvgIpc) is 3.40. The van der Waals surface area contributed by atoms with Gasteiger partial charge in [0.2, 0.25) is 11.8 Å². The number of benzene rings is 1. The molecule has 1 aliphatic heterocycles. The van der Waals surface area contributed by atoms with Crippen molar-refractivity contribution in [3.63, 3.8) is 0 Å². The maximum Gasteiger partial charge on any atom is 0.223 e. The summed E-state index contributed by atoms with van der Waals surface area (Å²) in [7, 11) is 0. The Labute approximate surface area is 247 Å². The van der Waals surface area contributed by atoms with Crippen LogP contribution in [0.5, 0.6) is 5.75 Å². The molecule has 0 bridgehead atoms. The number of carbonyl (C=O) groups excluding carboxylic acids is 2. The third kappa shape index (κ3) is 8.46. The Bertz CT molecular complexity index is 1290. The standard InChI is InChI=1S/C33H42N2O5S/c1-23(36)35-20-24-17-27-18-28(9-11-31(27)40-21-24)38-15-5-6-16-39-29-10-12-32-30(19-29)26(22-41-32)13-14-34-33(37)25-7-3-2-4-8-25/h9-12,17-19,22,25,27,31H,2-8,13-16,20-21H2,1H3,(H,34,37)(H,35,36). The molecule has 2 aromatic rings. The van der Waals surface area contributed by atoms with Crippen LogP contribution in [0.2, 0.25) is 0 Å². The molecule has 1 saturated carbocycles. The van der Waals surface area contributed by atoms with Crippen LogP contribution in [0.4, 0.5) is 0 Å². The molecule has 0 saturated heterocycles. The van der Waals surface area contributed by atoms with Crippen LogP contribution in [0.25, 0.3) is 10.1 Å². The molecule has 2 aliphatic carbocycles. The summed E-state index contributed by atoms with van der Waals surface area (Å²) in [4.78, 5) is 23.7. The first kappa shape index (κ1) is 29.4. The van der Waals surface area contributed by atoms with E-state index in [1.165, 1.54) is 41.8 Å². The second kappa shape index (κ2) is 14.7. The lowest BCUT2D eigenvalue weighted by molar-refractivity contribution is -0.125. The number of nitrogens with one attached hydrogen (secondary N) is 2. The Kier molecular flexibility index (Phi) is 10.5. The summed E-state index contributed by atoms with van der Waals surface area (Å²) < 4.78 is 19.2. The van der Waals surface area contributed by atoms with Crippen molar-refractivity contribution < 1.29 is 23.8 Å². The minimum absolute atomic E-state index is 0.0261. The molecule has 7 nitrogen and oxygen atoms in total. The summed E-state index contributed by atoms with van der Waals surface area (Å²) in [6.07, 6.45) is 16.6. The fourth-order valence-electron chi connectivity index (χ4n) is 5.69. The SMILES string of the molecule is CC(=O)NCC1=CC2C=C(OCCCCOc3ccc4scc(CCNC(=O)C5CCCCC5)c4c3)C=CC2OC1. The average molecular weight is 579 g/mol. The third-order valence-corrected chi connectivity index (χ3v) is 9.02. The lowest BCUT2D eigenvalue weighted by Crippen LogP contribution is -2.33. The number of amides is 2. The van der Waals surface area contributed by atoms with Gasteiger partial charge in [0.15, 0.2) is 0 Å². The molecule has 8 heteroatoms. The topological polar surface area (TPSA) is 85.9 Å². The Morgan fingerprint density at radius 1 is 1.05 bits per heavy atom. The molecule has 1 aromatic carbocycles. The highest BCUT2D eigenvalue weighted by molar-refractivity contribution is 7.17. The lowest BCUT2D eigenvalue weighted by Gasteiger charge is -2.29. The molecule has 2 N–H and O–H groups in total. The van der Waals surface area contributed by atoms with Crippen molar-refractivity contribution in [3.8, 4) is 5.75 Å². The zero-order valence-corrected chi connectivity index (χ0v) is 24.8. The van der Waals surface area contributed by atoms with Gasteiger partial charge in [-0.1, -0.05) is 31.4 Å². The molecule has 1 aromatic heterocycles. The number of thiophene rings is 1. The van der Waals surface area contributed by atoms with Crippen molar-refractivity contribution in [1.82, 2.24) is 10.6 Å². The quantitative estimate of drug-likeness (QED) is 0.230. The fraction of sp³-hybridized carbons (Fsp3) is 0.515. The molecule has 0 radical (unpaired) electrons. The first-order valence-electron chi connectivity index (χ1n) is 15.0. The van der Waals surface area contributed by atoms with E-state index in [9.17, 15) is 9.59 Å². The van der Waals surface area contributed by atoms with E-state index < -0.39 is 0 Å². The number of hydrogen-bond acceptors (Lipinski definition) is 6. The van der Waals surface area contributed by atoms with Gasteiger partial charge in [0, 0.05) is 36.5 Å². The highest BCUT2D eigenvalue weighted by Crippen LogP contribution is 2.31. The van der Waals surface area contributed by atoms with Crippen LogP contribution in [-0.4, -0.2) is 50.8 Å². The highest BCUT2D eigenvalue weighted by atomic mass is 32.1. The number of hydrogen-bond donors (Lipinski definition) is 2. The summed E-state index contributed by atoms with van der Waals surface area (Å²) in [5.41, 5.74) is 2.35. The largest absolute Gasteiger partial charge is 0.494 e. The molecule has 2 amide bonds. The van der Waals surface area contributed by atoms with Gasteiger partial charge in [0.05, 0.1) is 25.9 Å². The summed E-state index contributed by atoms with van der Waals surface area (Å²) in [6, 6.07) is 6.30. The van der Waals surface area contributed by atoms with Crippen molar-refractivity contribution in [2.45, 2.75) is 64.4 Å². The summed E-state index contributed by atoms with van der Waals surface area (Å²) >= 11 is 1.74. The number of ether oxygens (including phenoxy) is 3.